The van der Waals surface area contributed by atoms with Crippen molar-refractivity contribution >= 4 is 33.2 Å². The molecule has 5 nitrogen and oxygen atoms in total. The summed E-state index contributed by atoms with van der Waals surface area (Å²) in [5.74, 6) is 1.53. The average molecular weight is 421 g/mol. The highest BCUT2D eigenvalue weighted by molar-refractivity contribution is 7.18. The first kappa shape index (κ1) is 20.6. The molecule has 0 saturated heterocycles. The van der Waals surface area contributed by atoms with E-state index in [0.717, 1.165) is 52.8 Å². The number of fused-ring (bicyclic) bond motifs is 3. The lowest BCUT2D eigenvalue weighted by Gasteiger charge is -2.17. The Kier molecular flexibility index (Phi) is 5.42. The lowest BCUT2D eigenvalue weighted by molar-refractivity contribution is 0.509. The quantitative estimate of drug-likeness (QED) is 0.586. The largest absolute Gasteiger partial charge is 0.348 e. The molecule has 1 aliphatic carbocycles. The van der Waals surface area contributed by atoms with Crippen molar-refractivity contribution in [3.8, 4) is 6.07 Å². The Hall–Kier alpha value is -2.65. The van der Waals surface area contributed by atoms with Gasteiger partial charge in [-0.25, -0.2) is 4.98 Å². The number of nitrogens with zero attached hydrogens (tertiary/aromatic N) is 3. The van der Waals surface area contributed by atoms with Gasteiger partial charge in [0, 0.05) is 22.8 Å². The number of hydrogen-bond donors (Lipinski definition) is 1. The maximum atomic E-state index is 12.9. The van der Waals surface area contributed by atoms with Crippen LogP contribution in [0.1, 0.15) is 60.4 Å². The molecule has 1 unspecified atom stereocenters. The number of hydrogen-bond acceptors (Lipinski definition) is 4. The van der Waals surface area contributed by atoms with Crippen LogP contribution in [0.5, 0.6) is 0 Å². The topological polar surface area (TPSA) is 74.5 Å². The van der Waals surface area contributed by atoms with E-state index in [4.69, 9.17) is 4.98 Å². The van der Waals surface area contributed by atoms with E-state index in [1.54, 1.807) is 11.3 Å². The lowest BCUT2D eigenvalue weighted by atomic mass is 9.89. The van der Waals surface area contributed by atoms with E-state index in [1.165, 1.54) is 10.6 Å². The summed E-state index contributed by atoms with van der Waals surface area (Å²) < 4.78 is 2.28. The first-order valence-corrected chi connectivity index (χ1v) is 11.4. The van der Waals surface area contributed by atoms with Crippen molar-refractivity contribution in [1.82, 2.24) is 14.5 Å². The number of aryl methyl sites for hydroxylation is 2. The molecule has 30 heavy (non-hydrogen) atoms. The van der Waals surface area contributed by atoms with Crippen molar-refractivity contribution in [3.05, 3.63) is 49.6 Å². The fourth-order valence-corrected chi connectivity index (χ4v) is 5.79. The van der Waals surface area contributed by atoms with Crippen LogP contribution in [-0.4, -0.2) is 14.5 Å². The number of allylic oxidation sites excluding steroid dienone is 1. The third-order valence-electron chi connectivity index (χ3n) is 6.00. The molecule has 0 radical (unpaired) electrons. The molecule has 0 amide bonds. The Morgan fingerprint density at radius 1 is 1.47 bits per heavy atom. The molecule has 0 aliphatic heterocycles. The van der Waals surface area contributed by atoms with E-state index >= 15 is 0 Å². The summed E-state index contributed by atoms with van der Waals surface area (Å²) in [5, 5.41) is 10.5. The maximum absolute atomic E-state index is 12.9. The lowest BCUT2D eigenvalue weighted by Crippen LogP contribution is -2.14. The van der Waals surface area contributed by atoms with Crippen LogP contribution in [0.25, 0.3) is 21.9 Å². The van der Waals surface area contributed by atoms with Crippen LogP contribution in [-0.2, 0) is 19.4 Å². The van der Waals surface area contributed by atoms with E-state index < -0.39 is 0 Å². The molecule has 1 atom stereocenters. The number of rotatable bonds is 4. The van der Waals surface area contributed by atoms with Crippen LogP contribution in [0.3, 0.4) is 0 Å². The molecule has 0 spiro atoms. The standard InChI is InChI=1S/C24H28N4OS/c1-13(2)12-28-15(4)9-17(16(28)5)10-18(11-25)22-26-23(29)21-19-7-6-14(3)8-20(19)30-24(21)27-22/h9-10,13-14H,6-8,12H2,1-5H3,(H,26,27,29). The molecule has 0 fully saturated rings. The first-order valence-electron chi connectivity index (χ1n) is 10.6. The fraction of sp³-hybridized carbons (Fsp3) is 0.458. The van der Waals surface area contributed by atoms with Gasteiger partial charge in [-0.05, 0) is 68.2 Å². The second-order valence-corrected chi connectivity index (χ2v) is 10.0. The van der Waals surface area contributed by atoms with E-state index in [2.05, 4.69) is 56.3 Å². The summed E-state index contributed by atoms with van der Waals surface area (Å²) in [6.07, 6.45) is 4.89. The summed E-state index contributed by atoms with van der Waals surface area (Å²) in [5.41, 5.74) is 4.70. The molecular formula is C24H28N4OS. The second kappa shape index (κ2) is 7.88. The number of aromatic amines is 1. The highest BCUT2D eigenvalue weighted by Crippen LogP contribution is 2.36. The summed E-state index contributed by atoms with van der Waals surface area (Å²) in [7, 11) is 0. The van der Waals surface area contributed by atoms with Gasteiger partial charge in [0.05, 0.1) is 11.0 Å². The van der Waals surface area contributed by atoms with Gasteiger partial charge in [-0.2, -0.15) is 5.26 Å². The van der Waals surface area contributed by atoms with Crippen molar-refractivity contribution in [2.75, 3.05) is 0 Å². The number of nitrogens with one attached hydrogen (secondary N) is 1. The number of nitriles is 1. The minimum Gasteiger partial charge on any atom is -0.348 e. The van der Waals surface area contributed by atoms with Crippen LogP contribution >= 0.6 is 11.3 Å². The Labute approximate surface area is 181 Å². The molecule has 0 bridgehead atoms. The number of H-pyrrole nitrogens is 1. The van der Waals surface area contributed by atoms with Gasteiger partial charge in [-0.15, -0.1) is 11.3 Å². The van der Waals surface area contributed by atoms with E-state index in [0.29, 0.717) is 23.2 Å². The predicted molar refractivity (Wildman–Crippen MR) is 124 cm³/mol. The first-order chi connectivity index (χ1) is 14.3. The molecule has 3 aromatic heterocycles. The summed E-state index contributed by atoms with van der Waals surface area (Å²) in [4.78, 5) is 22.5. The molecule has 1 aliphatic rings. The maximum Gasteiger partial charge on any atom is 0.260 e. The zero-order valence-corrected chi connectivity index (χ0v) is 19.1. The fourth-order valence-electron chi connectivity index (χ4n) is 4.41. The third-order valence-corrected chi connectivity index (χ3v) is 7.15. The third kappa shape index (κ3) is 3.63. The monoisotopic (exact) mass is 420 g/mol. The van der Waals surface area contributed by atoms with Gasteiger partial charge in [0.2, 0.25) is 0 Å². The molecule has 0 saturated carbocycles. The Balaban J connectivity index is 1.79. The van der Waals surface area contributed by atoms with Crippen LogP contribution in [0.4, 0.5) is 0 Å². The van der Waals surface area contributed by atoms with Gasteiger partial charge < -0.3 is 9.55 Å². The van der Waals surface area contributed by atoms with Gasteiger partial charge in [-0.3, -0.25) is 4.79 Å². The number of thiophene rings is 1. The van der Waals surface area contributed by atoms with Crippen LogP contribution in [0.15, 0.2) is 10.9 Å². The molecule has 3 heterocycles. The zero-order chi connectivity index (χ0) is 21.6. The van der Waals surface area contributed by atoms with Crippen LogP contribution in [0, 0.1) is 37.0 Å². The normalized spacial score (nSPS) is 16.8. The van der Waals surface area contributed by atoms with Crippen molar-refractivity contribution in [2.45, 2.75) is 60.4 Å². The van der Waals surface area contributed by atoms with Crippen molar-refractivity contribution in [3.63, 3.8) is 0 Å². The summed E-state index contributed by atoms with van der Waals surface area (Å²) in [6.45, 7) is 11.7. The Morgan fingerprint density at radius 2 is 2.23 bits per heavy atom. The van der Waals surface area contributed by atoms with Gasteiger partial charge in [0.25, 0.3) is 5.56 Å². The molecule has 6 heteroatoms. The highest BCUT2D eigenvalue weighted by atomic mass is 32.1. The smallest absolute Gasteiger partial charge is 0.260 e. The van der Waals surface area contributed by atoms with E-state index in [-0.39, 0.29) is 5.56 Å². The molecular weight excluding hydrogens is 392 g/mol. The van der Waals surface area contributed by atoms with Crippen LogP contribution < -0.4 is 5.56 Å². The molecule has 0 aromatic carbocycles. The average Bonchev–Trinajstić information content (AvgIpc) is 3.17. The molecule has 1 N–H and O–H groups in total. The Bertz CT molecular complexity index is 1250. The molecule has 4 rings (SSSR count). The summed E-state index contributed by atoms with van der Waals surface area (Å²) in [6, 6.07) is 4.34. The SMILES string of the molecule is Cc1cc(C=C(C#N)c2nc3sc4c(c3c(=O)[nH]2)CCC(C)C4)c(C)n1CC(C)C. The van der Waals surface area contributed by atoms with Gasteiger partial charge >= 0.3 is 0 Å². The van der Waals surface area contributed by atoms with Crippen molar-refractivity contribution < 1.29 is 0 Å². The molecule has 156 valence electrons. The minimum atomic E-state index is -0.131. The zero-order valence-electron chi connectivity index (χ0n) is 18.3. The van der Waals surface area contributed by atoms with Gasteiger partial charge in [0.15, 0.2) is 5.82 Å². The number of aromatic nitrogens is 3. The van der Waals surface area contributed by atoms with Gasteiger partial charge in [0.1, 0.15) is 10.9 Å². The van der Waals surface area contributed by atoms with E-state index in [1.807, 2.05) is 6.08 Å². The highest BCUT2D eigenvalue weighted by Gasteiger charge is 2.23. The van der Waals surface area contributed by atoms with Crippen molar-refractivity contribution in [1.29, 1.82) is 5.26 Å². The summed E-state index contributed by atoms with van der Waals surface area (Å²) >= 11 is 1.61. The van der Waals surface area contributed by atoms with Gasteiger partial charge in [-0.1, -0.05) is 20.8 Å². The predicted octanol–water partition coefficient (Wildman–Crippen LogP) is 5.25. The second-order valence-electron chi connectivity index (χ2n) is 8.95. The minimum absolute atomic E-state index is 0.131. The van der Waals surface area contributed by atoms with E-state index in [9.17, 15) is 10.1 Å². The van der Waals surface area contributed by atoms with Crippen molar-refractivity contribution in [2.24, 2.45) is 11.8 Å². The van der Waals surface area contributed by atoms with Crippen LogP contribution in [0.2, 0.25) is 0 Å². The molecule has 3 aromatic rings. The Morgan fingerprint density at radius 3 is 2.93 bits per heavy atom.